The van der Waals surface area contributed by atoms with Crippen LogP contribution in [0.1, 0.15) is 12.8 Å². The Bertz CT molecular complexity index is 1040. The highest BCUT2D eigenvalue weighted by molar-refractivity contribution is 7.99. The van der Waals surface area contributed by atoms with Gasteiger partial charge in [-0.3, -0.25) is 9.36 Å². The van der Waals surface area contributed by atoms with Crippen molar-refractivity contribution < 1.29 is 9.18 Å². The molecule has 31 heavy (non-hydrogen) atoms. The number of thioether (sulfide) groups is 1. The summed E-state index contributed by atoms with van der Waals surface area (Å²) in [5, 5.41) is 9.14. The zero-order valence-corrected chi connectivity index (χ0v) is 18.6. The smallest absolute Gasteiger partial charge is 0.233 e. The van der Waals surface area contributed by atoms with Crippen molar-refractivity contribution in [3.63, 3.8) is 0 Å². The summed E-state index contributed by atoms with van der Waals surface area (Å²) in [6.07, 6.45) is 2.12. The van der Waals surface area contributed by atoms with Crippen LogP contribution in [-0.2, 0) is 4.79 Å². The summed E-state index contributed by atoms with van der Waals surface area (Å²) in [5.74, 6) is 0.418. The number of hydrogen-bond acceptors (Lipinski definition) is 5. The molecule has 0 bridgehead atoms. The molecule has 8 heteroatoms. The van der Waals surface area contributed by atoms with Gasteiger partial charge in [0.2, 0.25) is 5.91 Å². The van der Waals surface area contributed by atoms with Gasteiger partial charge < -0.3 is 9.80 Å². The van der Waals surface area contributed by atoms with E-state index in [1.807, 2.05) is 39.8 Å². The summed E-state index contributed by atoms with van der Waals surface area (Å²) in [6.45, 7) is 1.54. The Balaban J connectivity index is 1.58. The van der Waals surface area contributed by atoms with Gasteiger partial charge in [0.15, 0.2) is 11.0 Å². The molecule has 2 heterocycles. The third-order valence-electron chi connectivity index (χ3n) is 5.57. The average Bonchev–Trinajstić information content (AvgIpc) is 3.22. The number of hydrogen-bond donors (Lipinski definition) is 0. The van der Waals surface area contributed by atoms with Gasteiger partial charge in [-0.1, -0.05) is 42.1 Å². The predicted octanol–water partition coefficient (Wildman–Crippen LogP) is 3.72. The third kappa shape index (κ3) is 4.80. The van der Waals surface area contributed by atoms with E-state index in [0.29, 0.717) is 22.6 Å². The molecule has 1 unspecified atom stereocenters. The minimum Gasteiger partial charge on any atom is -0.340 e. The molecule has 6 nitrogen and oxygen atoms in total. The maximum Gasteiger partial charge on any atom is 0.233 e. The maximum atomic E-state index is 14.5. The minimum absolute atomic E-state index is 0.0894. The molecule has 0 radical (unpaired) electrons. The number of aromatic nitrogens is 3. The Kier molecular flexibility index (Phi) is 6.67. The summed E-state index contributed by atoms with van der Waals surface area (Å²) in [7, 11) is 4.11. The number of amides is 1. The highest BCUT2D eigenvalue weighted by Gasteiger charge is 2.26. The van der Waals surface area contributed by atoms with Crippen LogP contribution in [0.2, 0.25) is 0 Å². The second-order valence-electron chi connectivity index (χ2n) is 7.85. The molecular weight excluding hydrogens is 413 g/mol. The van der Waals surface area contributed by atoms with Gasteiger partial charge in [-0.15, -0.1) is 10.2 Å². The molecule has 4 rings (SSSR count). The van der Waals surface area contributed by atoms with Crippen LogP contribution >= 0.6 is 11.8 Å². The predicted molar refractivity (Wildman–Crippen MR) is 121 cm³/mol. The number of likely N-dealkylation sites (N-methyl/N-ethyl adjacent to an activating group) is 1. The van der Waals surface area contributed by atoms with Crippen LogP contribution in [0.15, 0.2) is 59.8 Å². The highest BCUT2D eigenvalue weighted by Crippen LogP contribution is 2.29. The van der Waals surface area contributed by atoms with Crippen LogP contribution in [0.5, 0.6) is 0 Å². The lowest BCUT2D eigenvalue weighted by molar-refractivity contribution is -0.130. The second-order valence-corrected chi connectivity index (χ2v) is 8.79. The number of nitrogens with zero attached hydrogens (tertiary/aromatic N) is 5. The Labute approximate surface area is 186 Å². The number of carbonyl (C=O) groups is 1. The van der Waals surface area contributed by atoms with Crippen molar-refractivity contribution in [3.8, 4) is 17.1 Å². The van der Waals surface area contributed by atoms with Crippen molar-refractivity contribution in [2.24, 2.45) is 0 Å². The van der Waals surface area contributed by atoms with Gasteiger partial charge in [0.25, 0.3) is 0 Å². The number of piperidine rings is 1. The van der Waals surface area contributed by atoms with Crippen molar-refractivity contribution in [1.29, 1.82) is 0 Å². The van der Waals surface area contributed by atoms with E-state index in [-0.39, 0.29) is 17.5 Å². The van der Waals surface area contributed by atoms with Crippen molar-refractivity contribution in [1.82, 2.24) is 24.6 Å². The number of benzene rings is 2. The fourth-order valence-corrected chi connectivity index (χ4v) is 4.67. The molecule has 0 saturated carbocycles. The molecule has 1 atom stereocenters. The monoisotopic (exact) mass is 439 g/mol. The van der Waals surface area contributed by atoms with Crippen molar-refractivity contribution in [3.05, 3.63) is 60.4 Å². The van der Waals surface area contributed by atoms with Gasteiger partial charge >= 0.3 is 0 Å². The van der Waals surface area contributed by atoms with E-state index in [4.69, 9.17) is 0 Å². The summed E-state index contributed by atoms with van der Waals surface area (Å²) in [5.41, 5.74) is 1.20. The van der Waals surface area contributed by atoms with Gasteiger partial charge in [0.05, 0.1) is 11.3 Å². The first-order valence-electron chi connectivity index (χ1n) is 10.4. The van der Waals surface area contributed by atoms with Crippen molar-refractivity contribution in [2.75, 3.05) is 32.9 Å². The van der Waals surface area contributed by atoms with Gasteiger partial charge in [0.1, 0.15) is 5.82 Å². The zero-order chi connectivity index (χ0) is 21.8. The highest BCUT2D eigenvalue weighted by atomic mass is 32.2. The van der Waals surface area contributed by atoms with E-state index in [1.54, 1.807) is 18.2 Å². The lowest BCUT2D eigenvalue weighted by atomic mass is 10.1. The number of rotatable bonds is 6. The largest absolute Gasteiger partial charge is 0.340 e. The molecule has 1 aliphatic rings. The normalized spacial score (nSPS) is 16.6. The Morgan fingerprint density at radius 2 is 1.87 bits per heavy atom. The Morgan fingerprint density at radius 1 is 1.13 bits per heavy atom. The topological polar surface area (TPSA) is 54.3 Å². The Morgan fingerprint density at radius 3 is 2.61 bits per heavy atom. The van der Waals surface area contributed by atoms with Crippen molar-refractivity contribution >= 4 is 17.7 Å². The van der Waals surface area contributed by atoms with E-state index in [1.165, 1.54) is 17.8 Å². The fraction of sp³-hybridized carbons (Fsp3) is 0.348. The summed E-state index contributed by atoms with van der Waals surface area (Å²) in [4.78, 5) is 17.0. The molecule has 0 aliphatic carbocycles. The van der Waals surface area contributed by atoms with E-state index < -0.39 is 0 Å². The summed E-state index contributed by atoms with van der Waals surface area (Å²) in [6, 6.07) is 16.5. The molecule has 1 fully saturated rings. The first-order chi connectivity index (χ1) is 15.0. The molecule has 1 aromatic heterocycles. The number of halogens is 1. The Hall–Kier alpha value is -2.71. The van der Waals surface area contributed by atoms with Crippen LogP contribution < -0.4 is 0 Å². The lowest BCUT2D eigenvalue weighted by Gasteiger charge is -2.36. The first-order valence-corrected chi connectivity index (χ1v) is 11.4. The molecule has 0 spiro atoms. The van der Waals surface area contributed by atoms with Gasteiger partial charge in [-0.2, -0.15) is 0 Å². The minimum atomic E-state index is -0.359. The SMILES string of the molecule is CN(C)C1CCCN(C(=O)CSc2nnc(-c3ccccc3F)n2-c2ccccc2)C1. The lowest BCUT2D eigenvalue weighted by Crippen LogP contribution is -2.48. The zero-order valence-electron chi connectivity index (χ0n) is 17.7. The van der Waals surface area contributed by atoms with Gasteiger partial charge in [-0.25, -0.2) is 4.39 Å². The van der Waals surface area contributed by atoms with Crippen LogP contribution in [0, 0.1) is 5.82 Å². The van der Waals surface area contributed by atoms with Crippen molar-refractivity contribution in [2.45, 2.75) is 24.0 Å². The molecule has 2 aromatic carbocycles. The molecule has 162 valence electrons. The van der Waals surface area contributed by atoms with Crippen LogP contribution in [-0.4, -0.2) is 69.5 Å². The summed E-state index contributed by atoms with van der Waals surface area (Å²) < 4.78 is 16.3. The van der Waals surface area contributed by atoms with E-state index in [9.17, 15) is 9.18 Å². The van der Waals surface area contributed by atoms with Gasteiger partial charge in [-0.05, 0) is 51.2 Å². The van der Waals surface area contributed by atoms with E-state index >= 15 is 0 Å². The number of para-hydroxylation sites is 1. The fourth-order valence-electron chi connectivity index (χ4n) is 3.81. The molecule has 0 N–H and O–H groups in total. The standard InChI is InChI=1S/C23H26FN5OS/c1-27(2)18-11-8-14-28(15-18)21(30)16-31-23-26-25-22(19-12-6-7-13-20(19)24)29(23)17-9-4-3-5-10-17/h3-7,9-10,12-13,18H,8,11,14-16H2,1-2H3. The first kappa shape index (κ1) is 21.5. The van der Waals surface area contributed by atoms with Gasteiger partial charge in [0, 0.05) is 24.8 Å². The number of likely N-dealkylation sites (tertiary alicyclic amines) is 1. The quantitative estimate of drug-likeness (QED) is 0.548. The average molecular weight is 440 g/mol. The van der Waals surface area contributed by atoms with E-state index in [2.05, 4.69) is 29.2 Å². The maximum absolute atomic E-state index is 14.5. The molecule has 1 aliphatic heterocycles. The van der Waals surface area contributed by atoms with E-state index in [0.717, 1.165) is 31.6 Å². The van der Waals surface area contributed by atoms with Crippen LogP contribution in [0.3, 0.4) is 0 Å². The summed E-state index contributed by atoms with van der Waals surface area (Å²) >= 11 is 1.34. The van der Waals surface area contributed by atoms with Crippen LogP contribution in [0.25, 0.3) is 17.1 Å². The third-order valence-corrected chi connectivity index (χ3v) is 6.48. The van der Waals surface area contributed by atoms with Crippen LogP contribution in [0.4, 0.5) is 4.39 Å². The molecule has 1 amide bonds. The molecule has 3 aromatic rings. The second kappa shape index (κ2) is 9.62. The number of carbonyl (C=O) groups excluding carboxylic acids is 1. The molecule has 1 saturated heterocycles. The molecular formula is C23H26FN5OS.